The Morgan fingerprint density at radius 2 is 2.00 bits per heavy atom. The third-order valence-corrected chi connectivity index (χ3v) is 6.87. The molecule has 6 nitrogen and oxygen atoms in total. The van der Waals surface area contributed by atoms with E-state index in [0.717, 1.165) is 53.4 Å². The first kappa shape index (κ1) is 23.4. The molecule has 1 saturated heterocycles. The first-order valence-corrected chi connectivity index (χ1v) is 12.3. The number of halogens is 1. The summed E-state index contributed by atoms with van der Waals surface area (Å²) in [5, 5.41) is 6.54. The number of likely N-dealkylation sites (tertiary alicyclic amines) is 1. The van der Waals surface area contributed by atoms with Gasteiger partial charge in [-0.15, -0.1) is 11.3 Å². The molecule has 1 aromatic heterocycles. The Hall–Kier alpha value is -2.74. The number of hydrogen-bond donors (Lipinski definition) is 2. The molecule has 0 bridgehead atoms. The van der Waals surface area contributed by atoms with Crippen molar-refractivity contribution in [2.24, 2.45) is 11.7 Å². The standard InChI is InChI=1S/C25H27ClN4O2S/c26-20-5-1-3-18(11-20)12-24-29-22(16-33-24)13-23(31)28-21-8-6-17(7-9-21)14-30-10-2-4-19(15-30)25(27)32/h1,3,5-9,11,16,19H,2,4,10,12-15H2,(H2,27,32)(H,28,31). The summed E-state index contributed by atoms with van der Waals surface area (Å²) in [6, 6.07) is 15.6. The van der Waals surface area contributed by atoms with E-state index >= 15 is 0 Å². The maximum absolute atomic E-state index is 12.5. The van der Waals surface area contributed by atoms with E-state index in [1.807, 2.05) is 53.9 Å². The van der Waals surface area contributed by atoms with Crippen LogP contribution >= 0.6 is 22.9 Å². The average molecular weight is 483 g/mol. The smallest absolute Gasteiger partial charge is 0.230 e. The first-order valence-electron chi connectivity index (χ1n) is 11.0. The van der Waals surface area contributed by atoms with Crippen molar-refractivity contribution < 1.29 is 9.59 Å². The summed E-state index contributed by atoms with van der Waals surface area (Å²) in [4.78, 5) is 30.8. The quantitative estimate of drug-likeness (QED) is 0.502. The van der Waals surface area contributed by atoms with Crippen LogP contribution in [0.25, 0.3) is 0 Å². The number of nitrogens with two attached hydrogens (primary N) is 1. The lowest BCUT2D eigenvalue weighted by molar-refractivity contribution is -0.123. The summed E-state index contributed by atoms with van der Waals surface area (Å²) in [5.74, 6) is -0.369. The summed E-state index contributed by atoms with van der Waals surface area (Å²) < 4.78 is 0. The van der Waals surface area contributed by atoms with E-state index in [0.29, 0.717) is 18.0 Å². The molecule has 0 radical (unpaired) electrons. The van der Waals surface area contributed by atoms with Gasteiger partial charge in [0.25, 0.3) is 0 Å². The lowest BCUT2D eigenvalue weighted by atomic mass is 9.97. The molecule has 1 aliphatic heterocycles. The largest absolute Gasteiger partial charge is 0.369 e. The van der Waals surface area contributed by atoms with Crippen LogP contribution in [0.3, 0.4) is 0 Å². The second-order valence-electron chi connectivity index (χ2n) is 8.44. The highest BCUT2D eigenvalue weighted by Crippen LogP contribution is 2.20. The molecule has 33 heavy (non-hydrogen) atoms. The number of amides is 2. The Balaban J connectivity index is 1.27. The van der Waals surface area contributed by atoms with Gasteiger partial charge in [-0.05, 0) is 54.8 Å². The highest BCUT2D eigenvalue weighted by Gasteiger charge is 2.23. The maximum atomic E-state index is 12.5. The maximum Gasteiger partial charge on any atom is 0.230 e. The minimum Gasteiger partial charge on any atom is -0.369 e. The number of anilines is 1. The van der Waals surface area contributed by atoms with Gasteiger partial charge in [0.1, 0.15) is 0 Å². The van der Waals surface area contributed by atoms with Crippen LogP contribution < -0.4 is 11.1 Å². The zero-order chi connectivity index (χ0) is 23.2. The van der Waals surface area contributed by atoms with Gasteiger partial charge in [-0.1, -0.05) is 35.9 Å². The molecule has 1 atom stereocenters. The van der Waals surface area contributed by atoms with Crippen molar-refractivity contribution in [3.63, 3.8) is 0 Å². The first-order chi connectivity index (χ1) is 15.9. The van der Waals surface area contributed by atoms with E-state index in [1.165, 1.54) is 0 Å². The Morgan fingerprint density at radius 3 is 2.76 bits per heavy atom. The lowest BCUT2D eigenvalue weighted by Gasteiger charge is -2.31. The van der Waals surface area contributed by atoms with Gasteiger partial charge in [-0.25, -0.2) is 4.98 Å². The van der Waals surface area contributed by atoms with E-state index in [-0.39, 0.29) is 24.2 Å². The molecule has 0 spiro atoms. The molecular formula is C25H27ClN4O2S. The lowest BCUT2D eigenvalue weighted by Crippen LogP contribution is -2.40. The third kappa shape index (κ3) is 6.87. The summed E-state index contributed by atoms with van der Waals surface area (Å²) in [6.45, 7) is 2.45. The van der Waals surface area contributed by atoms with Crippen LogP contribution in [0, 0.1) is 5.92 Å². The Bertz CT molecular complexity index is 1120. The number of primary amides is 1. The van der Waals surface area contributed by atoms with Crippen LogP contribution in [-0.4, -0.2) is 34.8 Å². The van der Waals surface area contributed by atoms with Crippen LogP contribution in [0.4, 0.5) is 5.69 Å². The van der Waals surface area contributed by atoms with Crippen LogP contribution in [0.5, 0.6) is 0 Å². The molecule has 4 rings (SSSR count). The molecule has 2 heterocycles. The van der Waals surface area contributed by atoms with Gasteiger partial charge in [0.15, 0.2) is 0 Å². The topological polar surface area (TPSA) is 88.3 Å². The number of piperidine rings is 1. The van der Waals surface area contributed by atoms with Gasteiger partial charge >= 0.3 is 0 Å². The van der Waals surface area contributed by atoms with Crippen molar-refractivity contribution in [1.82, 2.24) is 9.88 Å². The minimum absolute atomic E-state index is 0.0611. The van der Waals surface area contributed by atoms with Gasteiger partial charge in [-0.3, -0.25) is 14.5 Å². The van der Waals surface area contributed by atoms with Crippen molar-refractivity contribution in [2.45, 2.75) is 32.2 Å². The predicted octanol–water partition coefficient (Wildman–Crippen LogP) is 4.27. The Kier molecular flexibility index (Phi) is 7.75. The number of rotatable bonds is 8. The van der Waals surface area contributed by atoms with E-state index in [2.05, 4.69) is 15.2 Å². The Morgan fingerprint density at radius 1 is 1.18 bits per heavy atom. The molecule has 1 unspecified atom stereocenters. The Labute approximate surface area is 202 Å². The summed E-state index contributed by atoms with van der Waals surface area (Å²) in [7, 11) is 0. The normalized spacial score (nSPS) is 16.5. The van der Waals surface area contributed by atoms with Gasteiger partial charge in [-0.2, -0.15) is 0 Å². The van der Waals surface area contributed by atoms with E-state index in [9.17, 15) is 9.59 Å². The van der Waals surface area contributed by atoms with Crippen molar-refractivity contribution in [1.29, 1.82) is 0 Å². The molecule has 2 amide bonds. The summed E-state index contributed by atoms with van der Waals surface area (Å²) in [5.41, 5.74) is 9.23. The number of nitrogens with zero attached hydrogens (tertiary/aromatic N) is 2. The highest BCUT2D eigenvalue weighted by atomic mass is 35.5. The fourth-order valence-corrected chi connectivity index (χ4v) is 5.13. The van der Waals surface area contributed by atoms with Crippen molar-refractivity contribution >= 4 is 40.4 Å². The van der Waals surface area contributed by atoms with Gasteiger partial charge in [0.05, 0.1) is 23.0 Å². The van der Waals surface area contributed by atoms with Crippen LogP contribution in [-0.2, 0) is 29.0 Å². The second-order valence-corrected chi connectivity index (χ2v) is 9.82. The average Bonchev–Trinajstić information content (AvgIpc) is 3.21. The van der Waals surface area contributed by atoms with Gasteiger partial charge < -0.3 is 11.1 Å². The number of carbonyl (C=O) groups excluding carboxylic acids is 2. The van der Waals surface area contributed by atoms with E-state index < -0.39 is 0 Å². The zero-order valence-corrected chi connectivity index (χ0v) is 19.9. The molecule has 3 N–H and O–H groups in total. The third-order valence-electron chi connectivity index (χ3n) is 5.74. The van der Waals surface area contributed by atoms with Gasteiger partial charge in [0.2, 0.25) is 11.8 Å². The zero-order valence-electron chi connectivity index (χ0n) is 18.3. The molecule has 0 aliphatic carbocycles. The van der Waals surface area contributed by atoms with Crippen molar-refractivity contribution in [2.75, 3.05) is 18.4 Å². The van der Waals surface area contributed by atoms with Crippen molar-refractivity contribution in [3.05, 3.63) is 80.8 Å². The highest BCUT2D eigenvalue weighted by molar-refractivity contribution is 7.09. The molecule has 0 saturated carbocycles. The number of hydrogen-bond acceptors (Lipinski definition) is 5. The molecule has 8 heteroatoms. The number of benzene rings is 2. The van der Waals surface area contributed by atoms with Gasteiger partial charge in [0, 0.05) is 35.6 Å². The van der Waals surface area contributed by atoms with E-state index in [4.69, 9.17) is 17.3 Å². The monoisotopic (exact) mass is 482 g/mol. The number of carbonyl (C=O) groups is 2. The SMILES string of the molecule is NC(=O)C1CCCN(Cc2ccc(NC(=O)Cc3csc(Cc4cccc(Cl)c4)n3)cc2)C1. The number of thiazole rings is 1. The van der Waals surface area contributed by atoms with Crippen LogP contribution in [0.15, 0.2) is 53.9 Å². The fourth-order valence-electron chi connectivity index (χ4n) is 4.09. The van der Waals surface area contributed by atoms with Crippen LogP contribution in [0.2, 0.25) is 5.02 Å². The fraction of sp³-hybridized carbons (Fsp3) is 0.320. The second kappa shape index (κ2) is 10.9. The summed E-state index contributed by atoms with van der Waals surface area (Å²) in [6.07, 6.45) is 2.79. The molecule has 1 aliphatic rings. The molecule has 3 aromatic rings. The summed E-state index contributed by atoms with van der Waals surface area (Å²) >= 11 is 7.60. The molecule has 172 valence electrons. The number of nitrogens with one attached hydrogen (secondary N) is 1. The molecule has 1 fully saturated rings. The molecular weight excluding hydrogens is 456 g/mol. The minimum atomic E-state index is -0.213. The number of aromatic nitrogens is 1. The van der Waals surface area contributed by atoms with Crippen LogP contribution in [0.1, 0.15) is 34.7 Å². The predicted molar refractivity (Wildman–Crippen MR) is 132 cm³/mol. The van der Waals surface area contributed by atoms with E-state index in [1.54, 1.807) is 11.3 Å². The van der Waals surface area contributed by atoms with Crippen molar-refractivity contribution in [3.8, 4) is 0 Å². The molecule has 2 aromatic carbocycles.